The van der Waals surface area contributed by atoms with Gasteiger partial charge in [0.15, 0.2) is 5.13 Å². The van der Waals surface area contributed by atoms with E-state index in [1.807, 2.05) is 12.4 Å². The summed E-state index contributed by atoms with van der Waals surface area (Å²) in [6.07, 6.45) is 2.75. The van der Waals surface area contributed by atoms with Gasteiger partial charge >= 0.3 is 0 Å². The molecule has 1 fully saturated rings. The number of carbonyl (C=O) groups is 2. The van der Waals surface area contributed by atoms with E-state index in [0.29, 0.717) is 18.1 Å². The van der Waals surface area contributed by atoms with E-state index in [4.69, 9.17) is 0 Å². The van der Waals surface area contributed by atoms with Crippen LogP contribution >= 0.6 is 11.3 Å². The van der Waals surface area contributed by atoms with Crippen molar-refractivity contribution in [3.63, 3.8) is 0 Å². The summed E-state index contributed by atoms with van der Waals surface area (Å²) in [7, 11) is 1.81. The standard InChI is InChI=1S/C19H23N3O2S/c1-3-14-6-8-15(9-7-14)12-21(2)18(24)11-16-13-25-19(20-16)22-10-4-5-17(22)23/h6-9,13H,3-5,10-12H2,1-2H3. The number of anilines is 1. The van der Waals surface area contributed by atoms with E-state index in [2.05, 4.69) is 36.2 Å². The normalized spacial score (nSPS) is 14.2. The second-order valence-corrected chi connectivity index (χ2v) is 7.20. The Labute approximate surface area is 152 Å². The molecule has 0 radical (unpaired) electrons. The first-order valence-corrected chi connectivity index (χ1v) is 9.51. The van der Waals surface area contributed by atoms with Crippen LogP contribution in [0.3, 0.4) is 0 Å². The zero-order valence-corrected chi connectivity index (χ0v) is 15.5. The number of nitrogens with zero attached hydrogens (tertiary/aromatic N) is 3. The maximum atomic E-state index is 12.4. The lowest BCUT2D eigenvalue weighted by atomic mass is 10.1. The van der Waals surface area contributed by atoms with Crippen molar-refractivity contribution in [2.24, 2.45) is 0 Å². The Kier molecular flexibility index (Phi) is 5.48. The molecule has 0 N–H and O–H groups in total. The van der Waals surface area contributed by atoms with Crippen LogP contribution in [0.5, 0.6) is 0 Å². The Hall–Kier alpha value is -2.21. The summed E-state index contributed by atoms with van der Waals surface area (Å²) in [5.74, 6) is 0.157. The first-order valence-electron chi connectivity index (χ1n) is 8.63. The van der Waals surface area contributed by atoms with Crippen LogP contribution in [-0.4, -0.2) is 35.3 Å². The minimum atomic E-state index is 0.0316. The van der Waals surface area contributed by atoms with Gasteiger partial charge in [0.2, 0.25) is 11.8 Å². The molecule has 2 amide bonds. The Morgan fingerprint density at radius 3 is 2.64 bits per heavy atom. The summed E-state index contributed by atoms with van der Waals surface area (Å²) in [6, 6.07) is 8.35. The molecule has 0 saturated carbocycles. The van der Waals surface area contributed by atoms with E-state index >= 15 is 0 Å². The molecule has 0 bridgehead atoms. The number of likely N-dealkylation sites (N-methyl/N-ethyl adjacent to an activating group) is 1. The molecule has 5 nitrogen and oxygen atoms in total. The van der Waals surface area contributed by atoms with Crippen molar-refractivity contribution in [3.05, 3.63) is 46.5 Å². The number of aromatic nitrogens is 1. The molecule has 3 rings (SSSR count). The molecular weight excluding hydrogens is 334 g/mol. The Balaban J connectivity index is 1.57. The average Bonchev–Trinajstić information content (AvgIpc) is 3.24. The molecule has 6 heteroatoms. The van der Waals surface area contributed by atoms with Crippen LogP contribution in [0.1, 0.15) is 36.6 Å². The van der Waals surface area contributed by atoms with Gasteiger partial charge in [-0.1, -0.05) is 31.2 Å². The fraction of sp³-hybridized carbons (Fsp3) is 0.421. The van der Waals surface area contributed by atoms with Gasteiger partial charge < -0.3 is 4.90 Å². The summed E-state index contributed by atoms with van der Waals surface area (Å²) < 4.78 is 0. The minimum Gasteiger partial charge on any atom is -0.341 e. The van der Waals surface area contributed by atoms with Crippen molar-refractivity contribution in [1.82, 2.24) is 9.88 Å². The molecule has 0 atom stereocenters. The van der Waals surface area contributed by atoms with Gasteiger partial charge in [0, 0.05) is 31.9 Å². The van der Waals surface area contributed by atoms with Crippen LogP contribution in [0.2, 0.25) is 0 Å². The number of amides is 2. The fourth-order valence-corrected chi connectivity index (χ4v) is 3.75. The summed E-state index contributed by atoms with van der Waals surface area (Å²) in [4.78, 5) is 32.1. The highest BCUT2D eigenvalue weighted by Crippen LogP contribution is 2.25. The molecule has 132 valence electrons. The summed E-state index contributed by atoms with van der Waals surface area (Å²) in [5, 5.41) is 2.59. The highest BCUT2D eigenvalue weighted by Gasteiger charge is 2.24. The van der Waals surface area contributed by atoms with Gasteiger partial charge in [-0.2, -0.15) is 0 Å². The molecular formula is C19H23N3O2S. The largest absolute Gasteiger partial charge is 0.341 e. The topological polar surface area (TPSA) is 53.5 Å². The summed E-state index contributed by atoms with van der Waals surface area (Å²) >= 11 is 1.44. The third kappa shape index (κ3) is 4.25. The predicted octanol–water partition coefficient (Wildman–Crippen LogP) is 3.03. The van der Waals surface area contributed by atoms with E-state index in [-0.39, 0.29) is 18.2 Å². The lowest BCUT2D eigenvalue weighted by molar-refractivity contribution is -0.129. The monoisotopic (exact) mass is 357 g/mol. The molecule has 1 aliphatic heterocycles. The molecule has 1 aromatic heterocycles. The highest BCUT2D eigenvalue weighted by molar-refractivity contribution is 7.14. The first kappa shape index (κ1) is 17.6. The number of hydrogen-bond acceptors (Lipinski definition) is 4. The molecule has 1 aliphatic rings. The van der Waals surface area contributed by atoms with Crippen molar-refractivity contribution >= 4 is 28.3 Å². The maximum absolute atomic E-state index is 12.4. The van der Waals surface area contributed by atoms with Gasteiger partial charge in [-0.05, 0) is 24.0 Å². The second-order valence-electron chi connectivity index (χ2n) is 6.37. The van der Waals surface area contributed by atoms with E-state index in [1.54, 1.807) is 9.80 Å². The number of carbonyl (C=O) groups excluding carboxylic acids is 2. The summed E-state index contributed by atoms with van der Waals surface area (Å²) in [5.41, 5.74) is 3.15. The van der Waals surface area contributed by atoms with Gasteiger partial charge in [-0.25, -0.2) is 4.98 Å². The van der Waals surface area contributed by atoms with E-state index in [1.165, 1.54) is 16.9 Å². The Morgan fingerprint density at radius 2 is 2.00 bits per heavy atom. The Bertz CT molecular complexity index is 754. The molecule has 1 aromatic carbocycles. The van der Waals surface area contributed by atoms with Crippen molar-refractivity contribution in [2.45, 2.75) is 39.2 Å². The number of thiazole rings is 1. The molecule has 2 aromatic rings. The molecule has 0 aliphatic carbocycles. The molecule has 2 heterocycles. The number of benzene rings is 1. The van der Waals surface area contributed by atoms with E-state index < -0.39 is 0 Å². The van der Waals surface area contributed by atoms with Crippen LogP contribution in [0, 0.1) is 0 Å². The minimum absolute atomic E-state index is 0.0316. The van der Waals surface area contributed by atoms with Crippen LogP contribution in [0.4, 0.5) is 5.13 Å². The molecule has 1 saturated heterocycles. The number of aryl methyl sites for hydroxylation is 1. The third-order valence-corrected chi connectivity index (χ3v) is 5.37. The zero-order chi connectivity index (χ0) is 17.8. The SMILES string of the molecule is CCc1ccc(CN(C)C(=O)Cc2csc(N3CCCC3=O)n2)cc1. The second kappa shape index (κ2) is 7.78. The van der Waals surface area contributed by atoms with Gasteiger partial charge in [0.1, 0.15) is 0 Å². The summed E-state index contributed by atoms with van der Waals surface area (Å²) in [6.45, 7) is 3.44. The predicted molar refractivity (Wildman–Crippen MR) is 99.7 cm³/mol. The van der Waals surface area contributed by atoms with Gasteiger partial charge in [0.25, 0.3) is 0 Å². The highest BCUT2D eigenvalue weighted by atomic mass is 32.1. The van der Waals surface area contributed by atoms with Crippen LogP contribution in [0.15, 0.2) is 29.6 Å². The fourth-order valence-electron chi connectivity index (χ4n) is 2.88. The lowest BCUT2D eigenvalue weighted by Crippen LogP contribution is -2.28. The van der Waals surface area contributed by atoms with Gasteiger partial charge in [-0.15, -0.1) is 11.3 Å². The number of hydrogen-bond donors (Lipinski definition) is 0. The van der Waals surface area contributed by atoms with Gasteiger partial charge in [-0.3, -0.25) is 14.5 Å². The smallest absolute Gasteiger partial charge is 0.228 e. The average molecular weight is 357 g/mol. The Morgan fingerprint density at radius 1 is 1.28 bits per heavy atom. The van der Waals surface area contributed by atoms with Crippen molar-refractivity contribution in [1.29, 1.82) is 0 Å². The van der Waals surface area contributed by atoms with E-state index in [9.17, 15) is 9.59 Å². The van der Waals surface area contributed by atoms with Gasteiger partial charge in [0.05, 0.1) is 12.1 Å². The van der Waals surface area contributed by atoms with Crippen LogP contribution < -0.4 is 4.90 Å². The maximum Gasteiger partial charge on any atom is 0.228 e. The van der Waals surface area contributed by atoms with Crippen molar-refractivity contribution in [3.8, 4) is 0 Å². The molecule has 25 heavy (non-hydrogen) atoms. The van der Waals surface area contributed by atoms with E-state index in [0.717, 1.165) is 30.6 Å². The number of rotatable bonds is 6. The third-order valence-electron chi connectivity index (χ3n) is 4.45. The van der Waals surface area contributed by atoms with Crippen molar-refractivity contribution < 1.29 is 9.59 Å². The molecule has 0 spiro atoms. The van der Waals surface area contributed by atoms with Crippen LogP contribution in [-0.2, 0) is 29.0 Å². The first-order chi connectivity index (χ1) is 12.1. The molecule has 0 unspecified atom stereocenters. The zero-order valence-electron chi connectivity index (χ0n) is 14.7. The van der Waals surface area contributed by atoms with Crippen molar-refractivity contribution in [2.75, 3.05) is 18.5 Å². The van der Waals surface area contributed by atoms with Crippen LogP contribution in [0.25, 0.3) is 0 Å². The quantitative estimate of drug-likeness (QED) is 0.798. The lowest BCUT2D eigenvalue weighted by Gasteiger charge is -2.17.